The molecule has 0 aliphatic heterocycles. The molecule has 33 heavy (non-hydrogen) atoms. The van der Waals surface area contributed by atoms with Gasteiger partial charge in [0.05, 0.1) is 12.1 Å². The lowest BCUT2D eigenvalue weighted by atomic mass is 10.1. The molecule has 0 saturated heterocycles. The summed E-state index contributed by atoms with van der Waals surface area (Å²) in [6.45, 7) is 0. The number of aromatic amines is 1. The van der Waals surface area contributed by atoms with Crippen LogP contribution in [-0.2, 0) is 4.79 Å². The number of pyridine rings is 1. The van der Waals surface area contributed by atoms with E-state index in [9.17, 15) is 14.7 Å². The number of nitrogens with zero attached hydrogens (tertiary/aromatic N) is 2. The average Bonchev–Trinajstić information content (AvgIpc) is 3.33. The molecule has 4 aromatic rings. The first-order valence-corrected chi connectivity index (χ1v) is 11.0. The Balaban J connectivity index is 1.52. The molecule has 0 saturated carbocycles. The number of hydrogen-bond acceptors (Lipinski definition) is 6. The number of rotatable bonds is 9. The number of aliphatic carboxylic acids is 1. The zero-order valence-electron chi connectivity index (χ0n) is 17.4. The van der Waals surface area contributed by atoms with E-state index in [2.05, 4.69) is 25.6 Å². The van der Waals surface area contributed by atoms with Crippen molar-refractivity contribution in [2.45, 2.75) is 16.6 Å². The first-order valence-electron chi connectivity index (χ1n) is 10.1. The van der Waals surface area contributed by atoms with Crippen molar-refractivity contribution in [3.05, 3.63) is 96.6 Å². The van der Waals surface area contributed by atoms with E-state index >= 15 is 0 Å². The highest BCUT2D eigenvalue weighted by Crippen LogP contribution is 2.41. The molecule has 2 aromatic carbocycles. The minimum Gasteiger partial charge on any atom is -0.481 e. The van der Waals surface area contributed by atoms with Crippen LogP contribution >= 0.6 is 11.8 Å². The number of aromatic nitrogens is 3. The molecule has 9 heteroatoms. The fourth-order valence-corrected chi connectivity index (χ4v) is 4.39. The number of amides is 1. The van der Waals surface area contributed by atoms with Gasteiger partial charge in [-0.1, -0.05) is 24.3 Å². The van der Waals surface area contributed by atoms with E-state index in [1.54, 1.807) is 55.1 Å². The molecule has 0 radical (unpaired) electrons. The number of carboxylic acids is 1. The maximum Gasteiger partial charge on any atom is 0.304 e. The lowest BCUT2D eigenvalue weighted by Gasteiger charge is -2.17. The molecule has 1 unspecified atom stereocenters. The maximum absolute atomic E-state index is 13.0. The Morgan fingerprint density at radius 2 is 1.94 bits per heavy atom. The summed E-state index contributed by atoms with van der Waals surface area (Å²) in [7, 11) is 0. The first-order chi connectivity index (χ1) is 16.1. The van der Waals surface area contributed by atoms with Gasteiger partial charge in [0.25, 0.3) is 5.91 Å². The number of carboxylic acid groups (broad SMARTS) is 1. The van der Waals surface area contributed by atoms with Gasteiger partial charge in [-0.25, -0.2) is 4.98 Å². The molecule has 8 nitrogen and oxygen atoms in total. The van der Waals surface area contributed by atoms with Crippen molar-refractivity contribution in [3.8, 4) is 0 Å². The predicted octanol–water partition coefficient (Wildman–Crippen LogP) is 5.11. The third-order valence-corrected chi connectivity index (χ3v) is 6.04. The number of thioether (sulfide) groups is 1. The molecule has 1 atom stereocenters. The summed E-state index contributed by atoms with van der Waals surface area (Å²) in [4.78, 5) is 36.4. The fourth-order valence-electron chi connectivity index (χ4n) is 3.18. The normalized spacial score (nSPS) is 11.5. The number of H-pyrrole nitrogens is 1. The van der Waals surface area contributed by atoms with Gasteiger partial charge in [-0.3, -0.25) is 14.6 Å². The lowest BCUT2D eigenvalue weighted by molar-refractivity contribution is -0.137. The molecule has 0 aliphatic carbocycles. The Morgan fingerprint density at radius 3 is 2.70 bits per heavy atom. The molecule has 2 aromatic heterocycles. The molecule has 0 aliphatic rings. The molecule has 0 bridgehead atoms. The van der Waals surface area contributed by atoms with Crippen LogP contribution < -0.4 is 10.6 Å². The molecule has 0 spiro atoms. The number of imidazole rings is 1. The zero-order valence-corrected chi connectivity index (χ0v) is 18.3. The van der Waals surface area contributed by atoms with E-state index in [-0.39, 0.29) is 17.6 Å². The molecule has 1 amide bonds. The SMILES string of the molecule is O=C(O)CC(Sc1ccccc1NC(=O)c1cccc(Nc2ncc[nH]2)c1)c1cccnc1. The fraction of sp³-hybridized carbons (Fsp3) is 0.0833. The molecule has 166 valence electrons. The number of benzene rings is 2. The Morgan fingerprint density at radius 1 is 1.06 bits per heavy atom. The summed E-state index contributed by atoms with van der Waals surface area (Å²) in [5, 5.41) is 15.1. The number of para-hydroxylation sites is 1. The highest BCUT2D eigenvalue weighted by Gasteiger charge is 2.19. The van der Waals surface area contributed by atoms with Gasteiger partial charge in [-0.05, 0) is 42.0 Å². The molecule has 0 fully saturated rings. The van der Waals surface area contributed by atoms with Gasteiger partial charge in [-0.2, -0.15) is 0 Å². The van der Waals surface area contributed by atoms with Crippen molar-refractivity contribution in [1.82, 2.24) is 15.0 Å². The Labute approximate surface area is 194 Å². The van der Waals surface area contributed by atoms with Gasteiger partial charge in [0, 0.05) is 46.2 Å². The van der Waals surface area contributed by atoms with Crippen LogP contribution in [-0.4, -0.2) is 31.9 Å². The van der Waals surface area contributed by atoms with Crippen molar-refractivity contribution >= 4 is 41.0 Å². The van der Waals surface area contributed by atoms with E-state index in [4.69, 9.17) is 0 Å². The Kier molecular flexibility index (Phi) is 7.01. The van der Waals surface area contributed by atoms with Gasteiger partial charge >= 0.3 is 5.97 Å². The molecular formula is C24H21N5O3S. The third-order valence-electron chi connectivity index (χ3n) is 4.71. The first kappa shape index (κ1) is 22.1. The van der Waals surface area contributed by atoms with Crippen molar-refractivity contribution in [2.75, 3.05) is 10.6 Å². The highest BCUT2D eigenvalue weighted by molar-refractivity contribution is 7.99. The number of anilines is 3. The van der Waals surface area contributed by atoms with Crippen molar-refractivity contribution < 1.29 is 14.7 Å². The zero-order chi connectivity index (χ0) is 23.0. The van der Waals surface area contributed by atoms with E-state index in [0.717, 1.165) is 16.1 Å². The average molecular weight is 460 g/mol. The summed E-state index contributed by atoms with van der Waals surface area (Å²) in [5.41, 5.74) is 2.61. The van der Waals surface area contributed by atoms with Gasteiger partial charge in [0.15, 0.2) is 0 Å². The number of carbonyl (C=O) groups is 2. The van der Waals surface area contributed by atoms with Crippen molar-refractivity contribution in [3.63, 3.8) is 0 Å². The van der Waals surface area contributed by atoms with Gasteiger partial charge in [0.1, 0.15) is 0 Å². The summed E-state index contributed by atoms with van der Waals surface area (Å²) < 4.78 is 0. The van der Waals surface area contributed by atoms with E-state index < -0.39 is 5.97 Å². The topological polar surface area (TPSA) is 120 Å². The van der Waals surface area contributed by atoms with Crippen LogP contribution in [0.2, 0.25) is 0 Å². The van der Waals surface area contributed by atoms with Crippen LogP contribution in [0, 0.1) is 0 Å². The van der Waals surface area contributed by atoms with E-state index in [0.29, 0.717) is 17.2 Å². The van der Waals surface area contributed by atoms with Crippen LogP contribution in [0.25, 0.3) is 0 Å². The maximum atomic E-state index is 13.0. The number of nitrogens with one attached hydrogen (secondary N) is 3. The molecule has 4 rings (SSSR count). The second-order valence-corrected chi connectivity index (χ2v) is 8.33. The largest absolute Gasteiger partial charge is 0.481 e. The third kappa shape index (κ3) is 5.98. The van der Waals surface area contributed by atoms with Gasteiger partial charge in [-0.15, -0.1) is 11.8 Å². The molecular weight excluding hydrogens is 438 g/mol. The summed E-state index contributed by atoms with van der Waals surface area (Å²) >= 11 is 1.38. The summed E-state index contributed by atoms with van der Waals surface area (Å²) in [6, 6.07) is 18.1. The predicted molar refractivity (Wildman–Crippen MR) is 128 cm³/mol. The van der Waals surface area contributed by atoms with Crippen molar-refractivity contribution in [1.29, 1.82) is 0 Å². The molecule has 4 N–H and O–H groups in total. The Hall–Kier alpha value is -4.11. The van der Waals surface area contributed by atoms with Crippen LogP contribution in [0.4, 0.5) is 17.3 Å². The van der Waals surface area contributed by atoms with Gasteiger partial charge < -0.3 is 20.7 Å². The minimum atomic E-state index is -0.904. The lowest BCUT2D eigenvalue weighted by Crippen LogP contribution is -2.13. The minimum absolute atomic E-state index is 0.0703. The van der Waals surface area contributed by atoms with Crippen LogP contribution in [0.3, 0.4) is 0 Å². The summed E-state index contributed by atoms with van der Waals surface area (Å²) in [5.74, 6) is -0.602. The second kappa shape index (κ2) is 10.5. The second-order valence-electron chi connectivity index (χ2n) is 7.08. The number of carbonyl (C=O) groups excluding carboxylic acids is 1. The molecule has 2 heterocycles. The number of hydrogen-bond donors (Lipinski definition) is 4. The van der Waals surface area contributed by atoms with E-state index in [1.165, 1.54) is 11.8 Å². The van der Waals surface area contributed by atoms with Crippen LogP contribution in [0.15, 0.2) is 90.3 Å². The quantitative estimate of drug-likeness (QED) is 0.257. The summed E-state index contributed by atoms with van der Waals surface area (Å²) in [6.07, 6.45) is 6.58. The Bertz CT molecular complexity index is 1230. The smallest absolute Gasteiger partial charge is 0.304 e. The van der Waals surface area contributed by atoms with Gasteiger partial charge in [0.2, 0.25) is 5.95 Å². The standard InChI is InChI=1S/C24H21N5O3S/c30-22(31)14-21(17-6-4-10-25-15-17)33-20-9-2-1-8-19(20)29-23(32)16-5-3-7-18(13-16)28-24-26-11-12-27-24/h1-13,15,21H,14H2,(H,29,32)(H,30,31)(H2,26,27,28). The monoisotopic (exact) mass is 459 g/mol. The highest BCUT2D eigenvalue weighted by atomic mass is 32.2. The van der Waals surface area contributed by atoms with Crippen LogP contribution in [0.1, 0.15) is 27.6 Å². The van der Waals surface area contributed by atoms with E-state index in [1.807, 2.05) is 30.3 Å². The van der Waals surface area contributed by atoms with Crippen molar-refractivity contribution in [2.24, 2.45) is 0 Å². The van der Waals surface area contributed by atoms with Crippen LogP contribution in [0.5, 0.6) is 0 Å².